The summed E-state index contributed by atoms with van der Waals surface area (Å²) in [5.74, 6) is 2.00. The fourth-order valence-corrected chi connectivity index (χ4v) is 1.39. The van der Waals surface area contributed by atoms with Crippen LogP contribution >= 0.6 is 0 Å². The van der Waals surface area contributed by atoms with Gasteiger partial charge in [0.15, 0.2) is 0 Å². The second kappa shape index (κ2) is 3.84. The Morgan fingerprint density at radius 2 is 1.07 bits per heavy atom. The van der Waals surface area contributed by atoms with E-state index >= 15 is 0 Å². The molecule has 0 unspecified atom stereocenters. The van der Waals surface area contributed by atoms with Crippen LogP contribution in [0.15, 0.2) is 11.5 Å². The number of allylic oxidation sites excluding steroid dienone is 2. The fourth-order valence-electron chi connectivity index (χ4n) is 1.39. The van der Waals surface area contributed by atoms with Crippen molar-refractivity contribution in [1.82, 2.24) is 0 Å². The molecule has 1 aliphatic heterocycles. The minimum Gasteiger partial charge on any atom is -0.458 e. The molecule has 1 aliphatic rings. The molecule has 2 nitrogen and oxygen atoms in total. The molecule has 0 spiro atoms. The van der Waals surface area contributed by atoms with Crippen LogP contribution in [0.1, 0.15) is 49.0 Å². The minimum absolute atomic E-state index is 0. The highest BCUT2D eigenvalue weighted by molar-refractivity contribution is 5.16. The molecule has 0 N–H and O–H groups in total. The van der Waals surface area contributed by atoms with Gasteiger partial charge in [0.2, 0.25) is 6.79 Å². The summed E-state index contributed by atoms with van der Waals surface area (Å²) in [5.41, 5.74) is 0.0816. The number of hydrogen-bond acceptors (Lipinski definition) is 2. The van der Waals surface area contributed by atoms with E-state index in [0.29, 0.717) is 6.79 Å². The Morgan fingerprint density at radius 3 is 1.29 bits per heavy atom. The number of rotatable bonds is 0. The molecule has 84 valence electrons. The van der Waals surface area contributed by atoms with Gasteiger partial charge in [0.1, 0.15) is 11.5 Å². The van der Waals surface area contributed by atoms with Crippen LogP contribution in [0.2, 0.25) is 0 Å². The van der Waals surface area contributed by atoms with Gasteiger partial charge in [-0.2, -0.15) is 0 Å². The molecule has 2 heteroatoms. The van der Waals surface area contributed by atoms with Crippen molar-refractivity contribution in [3.63, 3.8) is 0 Å². The maximum absolute atomic E-state index is 5.51. The Balaban J connectivity index is 0.00000169. The Bertz CT molecular complexity index is 202. The molecule has 0 bridgehead atoms. The first-order valence-corrected chi connectivity index (χ1v) is 4.74. The van der Waals surface area contributed by atoms with Crippen molar-refractivity contribution in [3.05, 3.63) is 11.5 Å². The van der Waals surface area contributed by atoms with Crippen molar-refractivity contribution in [2.24, 2.45) is 10.8 Å². The van der Waals surface area contributed by atoms with Crippen LogP contribution in [-0.2, 0) is 9.47 Å². The molecule has 0 amide bonds. The summed E-state index contributed by atoms with van der Waals surface area (Å²) < 4.78 is 11.0. The first-order valence-electron chi connectivity index (χ1n) is 4.74. The Labute approximate surface area is 88.3 Å². The van der Waals surface area contributed by atoms with Crippen molar-refractivity contribution in [1.29, 1.82) is 0 Å². The highest BCUT2D eigenvalue weighted by atomic mass is 16.7. The molecule has 0 radical (unpaired) electrons. The van der Waals surface area contributed by atoms with Crippen LogP contribution in [0.25, 0.3) is 0 Å². The predicted molar refractivity (Wildman–Crippen MR) is 59.7 cm³/mol. The molecule has 14 heavy (non-hydrogen) atoms. The first kappa shape index (κ1) is 13.3. The maximum Gasteiger partial charge on any atom is 0.230 e. The third kappa shape index (κ3) is 2.66. The van der Waals surface area contributed by atoms with E-state index in [2.05, 4.69) is 41.5 Å². The largest absolute Gasteiger partial charge is 0.458 e. The van der Waals surface area contributed by atoms with Gasteiger partial charge >= 0.3 is 0 Å². The van der Waals surface area contributed by atoms with E-state index in [1.165, 1.54) is 0 Å². The van der Waals surface area contributed by atoms with Gasteiger partial charge in [-0.3, -0.25) is 0 Å². The lowest BCUT2D eigenvalue weighted by molar-refractivity contribution is 0.0458. The van der Waals surface area contributed by atoms with E-state index in [9.17, 15) is 0 Å². The normalized spacial score (nSPS) is 17.3. The van der Waals surface area contributed by atoms with Gasteiger partial charge in [-0.1, -0.05) is 49.0 Å². The van der Waals surface area contributed by atoms with Gasteiger partial charge in [-0.25, -0.2) is 0 Å². The summed E-state index contributed by atoms with van der Waals surface area (Å²) >= 11 is 0. The third-order valence-electron chi connectivity index (χ3n) is 1.98. The van der Waals surface area contributed by atoms with E-state index in [-0.39, 0.29) is 18.3 Å². The summed E-state index contributed by atoms with van der Waals surface area (Å²) in [7, 11) is 0. The average Bonchev–Trinajstić information content (AvgIpc) is 2.27. The van der Waals surface area contributed by atoms with Crippen molar-refractivity contribution in [2.45, 2.75) is 49.0 Å². The van der Waals surface area contributed by atoms with Crippen LogP contribution < -0.4 is 0 Å². The Kier molecular flexibility index (Phi) is 3.65. The molecule has 0 fully saturated rings. The SMILES string of the molecule is C.CC(C)(C)C1=C(C(C)(C)C)OCO1. The Hall–Kier alpha value is -0.660. The van der Waals surface area contributed by atoms with Gasteiger partial charge in [0, 0.05) is 10.8 Å². The molecule has 0 saturated carbocycles. The first-order chi connectivity index (χ1) is 5.73. The quantitative estimate of drug-likeness (QED) is 0.590. The minimum atomic E-state index is 0. The van der Waals surface area contributed by atoms with E-state index < -0.39 is 0 Å². The molecule has 0 aromatic heterocycles. The predicted octanol–water partition coefficient (Wildman–Crippen LogP) is 3.93. The molecular formula is C12H24O2. The average molecular weight is 200 g/mol. The molecule has 0 atom stereocenters. The zero-order valence-corrected chi connectivity index (χ0v) is 9.52. The molecule has 1 rings (SSSR count). The Morgan fingerprint density at radius 1 is 0.786 bits per heavy atom. The lowest BCUT2D eigenvalue weighted by Crippen LogP contribution is -2.17. The number of ether oxygens (including phenoxy) is 2. The van der Waals surface area contributed by atoms with Gasteiger partial charge < -0.3 is 9.47 Å². The van der Waals surface area contributed by atoms with E-state index in [1.54, 1.807) is 0 Å². The third-order valence-corrected chi connectivity index (χ3v) is 1.98. The van der Waals surface area contributed by atoms with Crippen molar-refractivity contribution in [3.8, 4) is 0 Å². The van der Waals surface area contributed by atoms with E-state index in [1.807, 2.05) is 0 Å². The lowest BCUT2D eigenvalue weighted by Gasteiger charge is -2.24. The second-order valence-corrected chi connectivity index (χ2v) is 5.56. The summed E-state index contributed by atoms with van der Waals surface area (Å²) in [6, 6.07) is 0. The molecule has 0 saturated heterocycles. The fraction of sp³-hybridized carbons (Fsp3) is 0.833. The highest BCUT2D eigenvalue weighted by Gasteiger charge is 2.34. The monoisotopic (exact) mass is 200 g/mol. The summed E-state index contributed by atoms with van der Waals surface area (Å²) in [4.78, 5) is 0. The summed E-state index contributed by atoms with van der Waals surface area (Å²) in [6.45, 7) is 13.2. The highest BCUT2D eigenvalue weighted by Crippen LogP contribution is 2.40. The molecular weight excluding hydrogens is 176 g/mol. The topological polar surface area (TPSA) is 18.5 Å². The van der Waals surface area contributed by atoms with E-state index in [4.69, 9.17) is 9.47 Å². The van der Waals surface area contributed by atoms with Crippen LogP contribution in [0.5, 0.6) is 0 Å². The summed E-state index contributed by atoms with van der Waals surface area (Å²) in [5, 5.41) is 0. The summed E-state index contributed by atoms with van der Waals surface area (Å²) in [6.07, 6.45) is 0. The zero-order valence-electron chi connectivity index (χ0n) is 9.52. The second-order valence-electron chi connectivity index (χ2n) is 5.56. The van der Waals surface area contributed by atoms with Crippen LogP contribution in [-0.4, -0.2) is 6.79 Å². The molecule has 0 aromatic carbocycles. The standard InChI is InChI=1S/C11H20O2.CH4/c1-10(2,3)8-9(11(4,5)6)13-7-12-8;/h7H2,1-6H3;1H4. The lowest BCUT2D eigenvalue weighted by atomic mass is 9.85. The van der Waals surface area contributed by atoms with Crippen molar-refractivity contribution in [2.75, 3.05) is 6.79 Å². The maximum atomic E-state index is 5.51. The molecule has 0 aliphatic carbocycles. The van der Waals surface area contributed by atoms with Crippen molar-refractivity contribution < 1.29 is 9.47 Å². The van der Waals surface area contributed by atoms with E-state index in [0.717, 1.165) is 11.5 Å². The smallest absolute Gasteiger partial charge is 0.230 e. The van der Waals surface area contributed by atoms with Gasteiger partial charge in [-0.15, -0.1) is 0 Å². The molecule has 1 heterocycles. The van der Waals surface area contributed by atoms with Gasteiger partial charge in [0.05, 0.1) is 0 Å². The van der Waals surface area contributed by atoms with Gasteiger partial charge in [0.25, 0.3) is 0 Å². The van der Waals surface area contributed by atoms with Crippen LogP contribution in [0, 0.1) is 10.8 Å². The van der Waals surface area contributed by atoms with Crippen LogP contribution in [0.4, 0.5) is 0 Å². The van der Waals surface area contributed by atoms with Crippen molar-refractivity contribution >= 4 is 0 Å². The van der Waals surface area contributed by atoms with Gasteiger partial charge in [-0.05, 0) is 0 Å². The number of hydrogen-bond donors (Lipinski definition) is 0. The molecule has 0 aromatic rings. The zero-order chi connectivity index (χ0) is 10.3. The van der Waals surface area contributed by atoms with Crippen LogP contribution in [0.3, 0.4) is 0 Å².